The van der Waals surface area contributed by atoms with E-state index in [1.165, 1.54) is 36.0 Å². The molecule has 1 aromatic carbocycles. The van der Waals surface area contributed by atoms with Gasteiger partial charge in [0.15, 0.2) is 0 Å². The van der Waals surface area contributed by atoms with E-state index < -0.39 is 0 Å². The lowest BCUT2D eigenvalue weighted by Crippen LogP contribution is -2.30. The highest BCUT2D eigenvalue weighted by Crippen LogP contribution is 2.62. The van der Waals surface area contributed by atoms with Crippen molar-refractivity contribution in [3.63, 3.8) is 0 Å². The van der Waals surface area contributed by atoms with E-state index in [1.807, 2.05) is 0 Å². The van der Waals surface area contributed by atoms with Gasteiger partial charge >= 0.3 is 0 Å². The molecule has 2 saturated carbocycles. The average Bonchev–Trinajstić information content (AvgIpc) is 2.73. The van der Waals surface area contributed by atoms with Crippen molar-refractivity contribution in [2.45, 2.75) is 39.2 Å². The van der Waals surface area contributed by atoms with Crippen molar-refractivity contribution in [2.75, 3.05) is 0 Å². The monoisotopic (exact) mass is 230 g/mol. The zero-order valence-electron chi connectivity index (χ0n) is 10.7. The number of hydrogen-bond donors (Lipinski definition) is 2. The molecule has 0 amide bonds. The van der Waals surface area contributed by atoms with Crippen LogP contribution in [0.3, 0.4) is 0 Å². The molecular formula is C15H22N2. The molecule has 17 heavy (non-hydrogen) atoms. The lowest BCUT2D eigenvalue weighted by molar-refractivity contribution is 0.425. The maximum Gasteiger partial charge on any atom is 0.0493 e. The van der Waals surface area contributed by atoms with Crippen LogP contribution in [0.1, 0.15) is 42.0 Å². The summed E-state index contributed by atoms with van der Waals surface area (Å²) in [6.07, 6.45) is 4.26. The van der Waals surface area contributed by atoms with E-state index >= 15 is 0 Å². The molecule has 2 aliphatic carbocycles. The fourth-order valence-electron chi connectivity index (χ4n) is 3.99. The van der Waals surface area contributed by atoms with E-state index in [-0.39, 0.29) is 0 Å². The van der Waals surface area contributed by atoms with E-state index in [1.54, 1.807) is 0 Å². The second kappa shape index (κ2) is 4.11. The van der Waals surface area contributed by atoms with Gasteiger partial charge in [-0.05, 0) is 50.0 Å². The summed E-state index contributed by atoms with van der Waals surface area (Å²) in [5.74, 6) is 8.47. The van der Waals surface area contributed by atoms with Crippen LogP contribution in [0, 0.1) is 31.6 Å². The molecule has 3 atom stereocenters. The quantitative estimate of drug-likeness (QED) is 0.619. The Morgan fingerprint density at radius 1 is 1.12 bits per heavy atom. The van der Waals surface area contributed by atoms with Crippen LogP contribution >= 0.6 is 0 Å². The van der Waals surface area contributed by atoms with Crippen molar-refractivity contribution < 1.29 is 0 Å². The topological polar surface area (TPSA) is 38.0 Å². The fourth-order valence-corrected chi connectivity index (χ4v) is 3.99. The molecule has 0 saturated heterocycles. The van der Waals surface area contributed by atoms with E-state index in [0.717, 1.165) is 17.8 Å². The van der Waals surface area contributed by atoms with E-state index in [9.17, 15) is 0 Å². The minimum absolute atomic E-state index is 0.365. The van der Waals surface area contributed by atoms with Crippen molar-refractivity contribution in [3.05, 3.63) is 34.9 Å². The van der Waals surface area contributed by atoms with E-state index in [0.29, 0.717) is 6.04 Å². The smallest absolute Gasteiger partial charge is 0.0493 e. The van der Waals surface area contributed by atoms with Gasteiger partial charge in [0.1, 0.15) is 0 Å². The standard InChI is InChI=1S/C15H22N2/c1-9-6-10(2)8-11(7-9)15(17-16)14-12-4-3-5-13(12)14/h6-8,12-15,17H,3-5,16H2,1-2H3. The molecule has 92 valence electrons. The summed E-state index contributed by atoms with van der Waals surface area (Å²) in [5.41, 5.74) is 7.12. The normalized spacial score (nSPS) is 32.3. The van der Waals surface area contributed by atoms with Gasteiger partial charge in [-0.3, -0.25) is 11.3 Å². The molecule has 0 bridgehead atoms. The highest BCUT2D eigenvalue weighted by molar-refractivity contribution is 5.32. The number of aryl methyl sites for hydroxylation is 2. The Morgan fingerprint density at radius 3 is 2.24 bits per heavy atom. The summed E-state index contributed by atoms with van der Waals surface area (Å²) in [6, 6.07) is 7.16. The number of nitrogens with two attached hydrogens (primary N) is 1. The molecule has 0 heterocycles. The van der Waals surface area contributed by atoms with Gasteiger partial charge in [-0.2, -0.15) is 0 Å². The molecule has 2 aliphatic rings. The Labute approximate surface area is 104 Å². The predicted molar refractivity (Wildman–Crippen MR) is 70.3 cm³/mol. The van der Waals surface area contributed by atoms with Crippen LogP contribution < -0.4 is 11.3 Å². The van der Waals surface area contributed by atoms with Gasteiger partial charge in [0.2, 0.25) is 0 Å². The average molecular weight is 230 g/mol. The molecule has 2 nitrogen and oxygen atoms in total. The molecule has 0 aromatic heterocycles. The molecule has 0 radical (unpaired) electrons. The van der Waals surface area contributed by atoms with Gasteiger partial charge in [0, 0.05) is 6.04 Å². The number of nitrogens with one attached hydrogen (secondary N) is 1. The highest BCUT2D eigenvalue weighted by Gasteiger charge is 2.55. The number of benzene rings is 1. The molecule has 2 fully saturated rings. The molecular weight excluding hydrogens is 208 g/mol. The maximum absolute atomic E-state index is 5.80. The summed E-state index contributed by atoms with van der Waals surface area (Å²) >= 11 is 0. The summed E-state index contributed by atoms with van der Waals surface area (Å²) in [7, 11) is 0. The number of hydrogen-bond acceptors (Lipinski definition) is 2. The van der Waals surface area contributed by atoms with Crippen LogP contribution in [0.25, 0.3) is 0 Å². The van der Waals surface area contributed by atoms with Crippen LogP contribution in [0.2, 0.25) is 0 Å². The van der Waals surface area contributed by atoms with E-state index in [2.05, 4.69) is 37.5 Å². The van der Waals surface area contributed by atoms with Crippen molar-refractivity contribution in [1.82, 2.24) is 5.43 Å². The number of hydrazine groups is 1. The molecule has 2 heteroatoms. The first-order chi connectivity index (χ1) is 8.20. The van der Waals surface area contributed by atoms with Crippen molar-refractivity contribution in [3.8, 4) is 0 Å². The van der Waals surface area contributed by atoms with E-state index in [4.69, 9.17) is 5.84 Å². The number of rotatable bonds is 3. The van der Waals surface area contributed by atoms with Crippen LogP contribution in [0.5, 0.6) is 0 Å². The lowest BCUT2D eigenvalue weighted by Gasteiger charge is -2.19. The Hall–Kier alpha value is -0.860. The van der Waals surface area contributed by atoms with Gasteiger partial charge in [-0.25, -0.2) is 0 Å². The van der Waals surface area contributed by atoms with Crippen LogP contribution in [-0.2, 0) is 0 Å². The first-order valence-electron chi connectivity index (χ1n) is 6.75. The zero-order valence-corrected chi connectivity index (χ0v) is 10.7. The van der Waals surface area contributed by atoms with Gasteiger partial charge in [0.05, 0.1) is 0 Å². The summed E-state index contributed by atoms with van der Waals surface area (Å²) in [5, 5.41) is 0. The first kappa shape index (κ1) is 11.2. The third-order valence-corrected chi connectivity index (χ3v) is 4.64. The van der Waals surface area contributed by atoms with Crippen LogP contribution in [0.15, 0.2) is 18.2 Å². The van der Waals surface area contributed by atoms with Crippen molar-refractivity contribution in [1.29, 1.82) is 0 Å². The van der Waals surface area contributed by atoms with Gasteiger partial charge < -0.3 is 0 Å². The maximum atomic E-state index is 5.80. The zero-order chi connectivity index (χ0) is 12.0. The summed E-state index contributed by atoms with van der Waals surface area (Å²) in [4.78, 5) is 0. The Kier molecular flexibility index (Phi) is 2.72. The largest absolute Gasteiger partial charge is 0.271 e. The Morgan fingerprint density at radius 2 is 1.71 bits per heavy atom. The lowest BCUT2D eigenvalue weighted by atomic mass is 9.95. The van der Waals surface area contributed by atoms with Gasteiger partial charge in [0.25, 0.3) is 0 Å². The second-order valence-electron chi connectivity index (χ2n) is 5.90. The minimum atomic E-state index is 0.365. The molecule has 3 rings (SSSR count). The highest BCUT2D eigenvalue weighted by atomic mass is 15.2. The Bertz CT molecular complexity index is 397. The van der Waals surface area contributed by atoms with Gasteiger partial charge in [-0.1, -0.05) is 35.7 Å². The second-order valence-corrected chi connectivity index (χ2v) is 5.90. The van der Waals surface area contributed by atoms with Gasteiger partial charge in [-0.15, -0.1) is 0 Å². The molecule has 3 unspecified atom stereocenters. The predicted octanol–water partition coefficient (Wildman–Crippen LogP) is 2.85. The number of fused-ring (bicyclic) bond motifs is 1. The fraction of sp³-hybridized carbons (Fsp3) is 0.600. The van der Waals surface area contributed by atoms with Crippen LogP contribution in [0.4, 0.5) is 0 Å². The molecule has 0 spiro atoms. The Balaban J connectivity index is 1.85. The van der Waals surface area contributed by atoms with Crippen LogP contribution in [-0.4, -0.2) is 0 Å². The third-order valence-electron chi connectivity index (χ3n) is 4.64. The molecule has 3 N–H and O–H groups in total. The minimum Gasteiger partial charge on any atom is -0.271 e. The SMILES string of the molecule is Cc1cc(C)cc(C(NN)C2C3CCCC32)c1. The van der Waals surface area contributed by atoms with Crippen molar-refractivity contribution in [2.24, 2.45) is 23.6 Å². The summed E-state index contributed by atoms with van der Waals surface area (Å²) in [6.45, 7) is 4.33. The first-order valence-corrected chi connectivity index (χ1v) is 6.75. The molecule has 1 aromatic rings. The third kappa shape index (κ3) is 1.90. The summed E-state index contributed by atoms with van der Waals surface area (Å²) < 4.78 is 0. The molecule has 0 aliphatic heterocycles. The van der Waals surface area contributed by atoms with Crippen molar-refractivity contribution >= 4 is 0 Å².